The molecule has 4 rings (SSSR count). The highest BCUT2D eigenvalue weighted by Crippen LogP contribution is 2.40. The molecule has 7 heteroatoms. The van der Waals surface area contributed by atoms with Crippen LogP contribution >= 0.6 is 0 Å². The maximum Gasteiger partial charge on any atom is 0.282 e. The van der Waals surface area contributed by atoms with Crippen LogP contribution in [0.1, 0.15) is 11.1 Å². The molecule has 0 spiro atoms. The lowest BCUT2D eigenvalue weighted by molar-refractivity contribution is -0.120. The smallest absolute Gasteiger partial charge is 0.282 e. The molecule has 0 bridgehead atoms. The molecular weight excluding hydrogens is 432 g/mol. The van der Waals surface area contributed by atoms with Gasteiger partial charge >= 0.3 is 0 Å². The van der Waals surface area contributed by atoms with E-state index in [4.69, 9.17) is 14.2 Å². The number of methoxy groups -OCH3 is 3. The molecule has 0 atom stereocenters. The SMILES string of the molecule is COc1cc(OC)cc(N2C(=O)C(c3ccccc3OC)=C(N(C)Cc3ccccc3)C2=O)c1. The van der Waals surface area contributed by atoms with Crippen LogP contribution in [0.4, 0.5) is 5.69 Å². The molecule has 1 aliphatic heterocycles. The van der Waals surface area contributed by atoms with Crippen LogP contribution < -0.4 is 19.1 Å². The van der Waals surface area contributed by atoms with Crippen molar-refractivity contribution in [1.29, 1.82) is 0 Å². The Bertz CT molecular complexity index is 1230. The molecule has 1 aliphatic rings. The fourth-order valence-electron chi connectivity index (χ4n) is 4.06. The van der Waals surface area contributed by atoms with E-state index in [1.165, 1.54) is 14.2 Å². The van der Waals surface area contributed by atoms with Crippen molar-refractivity contribution < 1.29 is 23.8 Å². The third kappa shape index (κ3) is 4.20. The van der Waals surface area contributed by atoms with E-state index in [1.807, 2.05) is 42.5 Å². The minimum Gasteiger partial charge on any atom is -0.497 e. The molecule has 0 aliphatic carbocycles. The quantitative estimate of drug-likeness (QED) is 0.473. The Hall–Kier alpha value is -4.26. The highest BCUT2D eigenvalue weighted by Gasteiger charge is 2.43. The first kappa shape index (κ1) is 22.9. The zero-order chi connectivity index (χ0) is 24.2. The molecule has 0 saturated heterocycles. The van der Waals surface area contributed by atoms with Gasteiger partial charge in [-0.15, -0.1) is 0 Å². The van der Waals surface area contributed by atoms with Crippen molar-refractivity contribution in [1.82, 2.24) is 4.90 Å². The summed E-state index contributed by atoms with van der Waals surface area (Å²) in [5.41, 5.74) is 2.50. The van der Waals surface area contributed by atoms with Gasteiger partial charge in [-0.3, -0.25) is 9.59 Å². The largest absolute Gasteiger partial charge is 0.497 e. The lowest BCUT2D eigenvalue weighted by atomic mass is 10.0. The molecule has 2 amide bonds. The molecule has 0 aromatic heterocycles. The molecule has 34 heavy (non-hydrogen) atoms. The van der Waals surface area contributed by atoms with E-state index >= 15 is 0 Å². The molecule has 1 heterocycles. The Morgan fingerprint density at radius 3 is 2.00 bits per heavy atom. The summed E-state index contributed by atoms with van der Waals surface area (Å²) in [5.74, 6) is 0.577. The summed E-state index contributed by atoms with van der Waals surface area (Å²) in [5, 5.41) is 0. The molecule has 0 N–H and O–H groups in total. The van der Waals surface area contributed by atoms with Gasteiger partial charge in [-0.1, -0.05) is 48.5 Å². The molecule has 0 fully saturated rings. The van der Waals surface area contributed by atoms with Gasteiger partial charge in [0.1, 0.15) is 22.9 Å². The third-order valence-electron chi connectivity index (χ3n) is 5.67. The summed E-state index contributed by atoms with van der Waals surface area (Å²) in [7, 11) is 6.38. The summed E-state index contributed by atoms with van der Waals surface area (Å²) in [6, 6.07) is 21.9. The first-order valence-corrected chi connectivity index (χ1v) is 10.7. The van der Waals surface area contributed by atoms with E-state index in [9.17, 15) is 9.59 Å². The van der Waals surface area contributed by atoms with Crippen LogP contribution in [0.15, 0.2) is 78.5 Å². The van der Waals surface area contributed by atoms with E-state index in [-0.39, 0.29) is 5.57 Å². The van der Waals surface area contributed by atoms with Crippen LogP contribution in [0.2, 0.25) is 0 Å². The van der Waals surface area contributed by atoms with E-state index in [1.54, 1.807) is 49.4 Å². The van der Waals surface area contributed by atoms with E-state index in [2.05, 4.69) is 0 Å². The fourth-order valence-corrected chi connectivity index (χ4v) is 4.06. The van der Waals surface area contributed by atoms with Gasteiger partial charge < -0.3 is 19.1 Å². The Morgan fingerprint density at radius 2 is 1.38 bits per heavy atom. The molecule has 0 saturated carbocycles. The number of anilines is 1. The summed E-state index contributed by atoms with van der Waals surface area (Å²) >= 11 is 0. The van der Waals surface area contributed by atoms with Crippen LogP contribution in [-0.4, -0.2) is 45.1 Å². The molecular formula is C27H26N2O5. The van der Waals surface area contributed by atoms with E-state index in [0.29, 0.717) is 40.7 Å². The molecule has 0 radical (unpaired) electrons. The lowest BCUT2D eigenvalue weighted by Gasteiger charge is -2.22. The number of rotatable bonds is 8. The first-order chi connectivity index (χ1) is 16.5. The van der Waals surface area contributed by atoms with Gasteiger partial charge in [0.25, 0.3) is 11.8 Å². The standard InChI is InChI=1S/C27H26N2O5/c1-28(17-18-10-6-5-7-11-18)25-24(22-12-8-9-13-23(22)34-4)26(30)29(27(25)31)19-14-20(32-2)16-21(15-19)33-3/h5-16H,17H2,1-4H3. The van der Waals surface area contributed by atoms with Crippen molar-refractivity contribution in [2.75, 3.05) is 33.3 Å². The first-order valence-electron chi connectivity index (χ1n) is 10.7. The topological polar surface area (TPSA) is 68.3 Å². The number of amides is 2. The lowest BCUT2D eigenvalue weighted by Crippen LogP contribution is -2.34. The molecule has 174 valence electrons. The molecule has 0 unspecified atom stereocenters. The molecule has 3 aromatic rings. The summed E-state index contributed by atoms with van der Waals surface area (Å²) in [6.07, 6.45) is 0. The van der Waals surface area contributed by atoms with Gasteiger partial charge in [-0.2, -0.15) is 0 Å². The van der Waals surface area contributed by atoms with Gasteiger partial charge in [-0.05, 0) is 11.6 Å². The number of hydrogen-bond donors (Lipinski definition) is 0. The molecule has 3 aromatic carbocycles. The van der Waals surface area contributed by atoms with Crippen molar-refractivity contribution in [2.45, 2.75) is 6.54 Å². The Labute approximate surface area is 198 Å². The number of hydrogen-bond acceptors (Lipinski definition) is 6. The average Bonchev–Trinajstić information content (AvgIpc) is 3.13. The number of imide groups is 1. The number of carbonyl (C=O) groups is 2. The van der Waals surface area contributed by atoms with Crippen molar-refractivity contribution in [2.24, 2.45) is 0 Å². The number of likely N-dealkylation sites (N-methyl/N-ethyl adjacent to an activating group) is 1. The number of nitrogens with zero attached hydrogens (tertiary/aromatic N) is 2. The molecule has 7 nitrogen and oxygen atoms in total. The zero-order valence-corrected chi connectivity index (χ0v) is 19.6. The minimum absolute atomic E-state index is 0.280. The second-order valence-electron chi connectivity index (χ2n) is 7.78. The summed E-state index contributed by atoms with van der Waals surface area (Å²) in [6.45, 7) is 0.448. The van der Waals surface area contributed by atoms with Gasteiger partial charge in [0.15, 0.2) is 0 Å². The van der Waals surface area contributed by atoms with Gasteiger partial charge in [0.2, 0.25) is 0 Å². The highest BCUT2D eigenvalue weighted by atomic mass is 16.5. The Morgan fingerprint density at radius 1 is 0.765 bits per heavy atom. The van der Waals surface area contributed by atoms with Crippen molar-refractivity contribution in [3.05, 3.63) is 89.6 Å². The average molecular weight is 459 g/mol. The second-order valence-corrected chi connectivity index (χ2v) is 7.78. The Balaban J connectivity index is 1.86. The van der Waals surface area contributed by atoms with Gasteiger partial charge in [0.05, 0.1) is 32.6 Å². The van der Waals surface area contributed by atoms with Gasteiger partial charge in [0, 0.05) is 37.4 Å². The highest BCUT2D eigenvalue weighted by molar-refractivity contribution is 6.45. The third-order valence-corrected chi connectivity index (χ3v) is 5.67. The predicted octanol–water partition coefficient (Wildman–Crippen LogP) is 4.13. The maximum atomic E-state index is 13.8. The fraction of sp³-hybridized carbons (Fsp3) is 0.185. The zero-order valence-electron chi connectivity index (χ0n) is 19.6. The van der Waals surface area contributed by atoms with Crippen molar-refractivity contribution >= 4 is 23.1 Å². The normalized spacial score (nSPS) is 13.4. The Kier molecular flexibility index (Phi) is 6.54. The number of ether oxygens (including phenoxy) is 3. The van der Waals surface area contributed by atoms with E-state index < -0.39 is 11.8 Å². The minimum atomic E-state index is -0.445. The number of benzene rings is 3. The van der Waals surface area contributed by atoms with Crippen LogP contribution in [0.25, 0.3) is 5.57 Å². The second kappa shape index (κ2) is 9.70. The monoisotopic (exact) mass is 458 g/mol. The van der Waals surface area contributed by atoms with Crippen LogP contribution in [-0.2, 0) is 16.1 Å². The van der Waals surface area contributed by atoms with Crippen LogP contribution in [0, 0.1) is 0 Å². The van der Waals surface area contributed by atoms with Crippen LogP contribution in [0.3, 0.4) is 0 Å². The summed E-state index contributed by atoms with van der Waals surface area (Å²) in [4.78, 5) is 30.6. The number of para-hydroxylation sites is 1. The number of carbonyl (C=O) groups excluding carboxylic acids is 2. The van der Waals surface area contributed by atoms with Crippen molar-refractivity contribution in [3.8, 4) is 17.2 Å². The van der Waals surface area contributed by atoms with Crippen molar-refractivity contribution in [3.63, 3.8) is 0 Å². The predicted molar refractivity (Wildman–Crippen MR) is 130 cm³/mol. The van der Waals surface area contributed by atoms with E-state index in [0.717, 1.165) is 10.5 Å². The maximum absolute atomic E-state index is 13.8. The summed E-state index contributed by atoms with van der Waals surface area (Å²) < 4.78 is 16.2. The van der Waals surface area contributed by atoms with Crippen LogP contribution in [0.5, 0.6) is 17.2 Å². The van der Waals surface area contributed by atoms with Gasteiger partial charge in [-0.25, -0.2) is 4.90 Å².